The van der Waals surface area contributed by atoms with E-state index in [1.165, 1.54) is 76.6 Å². The summed E-state index contributed by atoms with van der Waals surface area (Å²) in [6.45, 7) is 4.75. The predicted octanol–water partition coefficient (Wildman–Crippen LogP) is 14.8. The molecule has 0 spiro atoms. The summed E-state index contributed by atoms with van der Waals surface area (Å²) in [5.41, 5.74) is 15.8. The second-order valence-electron chi connectivity index (χ2n) is 16.2. The van der Waals surface area contributed by atoms with Gasteiger partial charge >= 0.3 is 0 Å². The van der Waals surface area contributed by atoms with Gasteiger partial charge in [0.25, 0.3) is 0 Å². The summed E-state index contributed by atoms with van der Waals surface area (Å²) in [7, 11) is 0. The van der Waals surface area contributed by atoms with Crippen molar-refractivity contribution in [2.75, 3.05) is 4.90 Å². The van der Waals surface area contributed by atoms with Gasteiger partial charge in [0.05, 0.1) is 22.1 Å². The van der Waals surface area contributed by atoms with Gasteiger partial charge in [-0.2, -0.15) is 0 Å². The Hall–Kier alpha value is -7.36. The summed E-state index contributed by atoms with van der Waals surface area (Å²) in [6, 6.07) is 73.6. The number of rotatable bonds is 5. The van der Waals surface area contributed by atoms with Gasteiger partial charge in [-0.1, -0.05) is 123 Å². The number of hydrogen-bond donors (Lipinski definition) is 0. The van der Waals surface area contributed by atoms with Crippen LogP contribution in [0.2, 0.25) is 0 Å². The van der Waals surface area contributed by atoms with E-state index in [1.807, 2.05) is 0 Å². The highest BCUT2D eigenvalue weighted by Gasteiger charge is 2.36. The van der Waals surface area contributed by atoms with Gasteiger partial charge in [-0.3, -0.25) is 0 Å². The van der Waals surface area contributed by atoms with Gasteiger partial charge in [0.2, 0.25) is 0 Å². The summed E-state index contributed by atoms with van der Waals surface area (Å²) in [5, 5.41) is 7.51. The summed E-state index contributed by atoms with van der Waals surface area (Å²) >= 11 is 0. The fourth-order valence-electron chi connectivity index (χ4n) is 9.91. The topological polar surface area (TPSA) is 13.1 Å². The standard InChI is InChI=1S/C55H39N3/c1-55(2)49-21-11-8-18-43(49)46-35-54-48(34-50(46)55)47-33-42(58-51-22-12-9-19-44(51)45-20-10-13-23-52(45)58)30-31-53(47)57(54)40-28-26-39(27-29-40)56(38-16-4-3-5-17-38)41-25-24-36-14-6-7-15-37(36)32-41/h3-35H,1-2H3. The van der Waals surface area contributed by atoms with E-state index in [-0.39, 0.29) is 5.41 Å². The molecule has 1 aliphatic carbocycles. The molecule has 0 N–H and O–H groups in total. The van der Waals surface area contributed by atoms with Crippen molar-refractivity contribution in [1.82, 2.24) is 9.13 Å². The lowest BCUT2D eigenvalue weighted by atomic mass is 9.82. The first kappa shape index (κ1) is 32.8. The molecule has 0 unspecified atom stereocenters. The van der Waals surface area contributed by atoms with E-state index in [9.17, 15) is 0 Å². The Kier molecular flexibility index (Phi) is 6.98. The zero-order chi connectivity index (χ0) is 38.5. The SMILES string of the molecule is CC1(C)c2ccccc2-c2cc3c(cc21)c1cc(-n2c4ccccc4c4ccccc42)ccc1n3-c1ccc(N(c2ccccc2)c2ccc3ccccc3c2)cc1. The third kappa shape index (κ3) is 4.74. The third-order valence-corrected chi connectivity index (χ3v) is 12.7. The van der Waals surface area contributed by atoms with E-state index in [1.54, 1.807) is 0 Å². The van der Waals surface area contributed by atoms with Crippen LogP contribution < -0.4 is 4.90 Å². The van der Waals surface area contributed by atoms with Gasteiger partial charge in [0.1, 0.15) is 0 Å². The van der Waals surface area contributed by atoms with E-state index < -0.39 is 0 Å². The number of nitrogens with zero attached hydrogens (tertiary/aromatic N) is 3. The molecule has 0 radical (unpaired) electrons. The van der Waals surface area contributed by atoms with Crippen LogP contribution in [0.4, 0.5) is 17.1 Å². The number of benzene rings is 9. The summed E-state index contributed by atoms with van der Waals surface area (Å²) in [6.07, 6.45) is 0. The number of aromatic nitrogens is 2. The molecule has 9 aromatic carbocycles. The molecule has 0 aliphatic heterocycles. The summed E-state index contributed by atoms with van der Waals surface area (Å²) < 4.78 is 4.90. The first-order valence-corrected chi connectivity index (χ1v) is 20.2. The lowest BCUT2D eigenvalue weighted by Crippen LogP contribution is -2.14. The molecule has 2 aromatic heterocycles. The zero-order valence-corrected chi connectivity index (χ0v) is 32.4. The van der Waals surface area contributed by atoms with E-state index >= 15 is 0 Å². The van der Waals surface area contributed by atoms with Crippen LogP contribution in [0.1, 0.15) is 25.0 Å². The molecule has 3 nitrogen and oxygen atoms in total. The Morgan fingerprint density at radius 3 is 1.69 bits per heavy atom. The second kappa shape index (κ2) is 12.3. The fraction of sp³-hybridized carbons (Fsp3) is 0.0545. The number of fused-ring (bicyclic) bond motifs is 10. The molecule has 11 aromatic rings. The molecule has 274 valence electrons. The maximum absolute atomic E-state index is 2.49. The highest BCUT2D eigenvalue weighted by atomic mass is 15.1. The predicted molar refractivity (Wildman–Crippen MR) is 245 cm³/mol. The van der Waals surface area contributed by atoms with Crippen molar-refractivity contribution in [3.63, 3.8) is 0 Å². The molecule has 2 heterocycles. The lowest BCUT2D eigenvalue weighted by Gasteiger charge is -2.26. The second-order valence-corrected chi connectivity index (χ2v) is 16.2. The van der Waals surface area contributed by atoms with Crippen LogP contribution in [-0.4, -0.2) is 9.13 Å². The Labute approximate surface area is 337 Å². The van der Waals surface area contributed by atoms with Crippen molar-refractivity contribution >= 4 is 71.4 Å². The lowest BCUT2D eigenvalue weighted by molar-refractivity contribution is 0.661. The minimum Gasteiger partial charge on any atom is -0.310 e. The van der Waals surface area contributed by atoms with Crippen molar-refractivity contribution in [3.8, 4) is 22.5 Å². The first-order valence-electron chi connectivity index (χ1n) is 20.2. The molecule has 0 amide bonds. The third-order valence-electron chi connectivity index (χ3n) is 12.7. The van der Waals surface area contributed by atoms with Crippen molar-refractivity contribution in [2.24, 2.45) is 0 Å². The molecule has 0 saturated heterocycles. The van der Waals surface area contributed by atoms with Gasteiger partial charge in [0.15, 0.2) is 0 Å². The molecule has 0 fully saturated rings. The van der Waals surface area contributed by atoms with Gasteiger partial charge in [-0.15, -0.1) is 0 Å². The van der Waals surface area contributed by atoms with Crippen LogP contribution >= 0.6 is 0 Å². The largest absolute Gasteiger partial charge is 0.310 e. The highest BCUT2D eigenvalue weighted by Crippen LogP contribution is 2.51. The van der Waals surface area contributed by atoms with E-state index in [2.05, 4.69) is 228 Å². The van der Waals surface area contributed by atoms with Crippen LogP contribution in [0.5, 0.6) is 0 Å². The van der Waals surface area contributed by atoms with Crippen molar-refractivity contribution in [1.29, 1.82) is 0 Å². The fourth-order valence-corrected chi connectivity index (χ4v) is 9.91. The normalized spacial score (nSPS) is 13.1. The van der Waals surface area contributed by atoms with E-state index in [4.69, 9.17) is 0 Å². The Balaban J connectivity index is 1.08. The molecule has 0 saturated carbocycles. The first-order chi connectivity index (χ1) is 28.5. The minimum absolute atomic E-state index is 0.107. The average Bonchev–Trinajstić information content (AvgIpc) is 3.86. The summed E-state index contributed by atoms with van der Waals surface area (Å²) in [5.74, 6) is 0. The molecule has 1 aliphatic rings. The van der Waals surface area contributed by atoms with E-state index in [0.29, 0.717) is 0 Å². The van der Waals surface area contributed by atoms with Crippen molar-refractivity contribution in [3.05, 3.63) is 211 Å². The van der Waals surface area contributed by atoms with Gasteiger partial charge < -0.3 is 14.0 Å². The number of hydrogen-bond acceptors (Lipinski definition) is 1. The molecule has 0 atom stereocenters. The van der Waals surface area contributed by atoms with Crippen LogP contribution in [0.15, 0.2) is 200 Å². The van der Waals surface area contributed by atoms with Gasteiger partial charge in [0, 0.05) is 55.4 Å². The minimum atomic E-state index is -0.107. The van der Waals surface area contributed by atoms with Crippen LogP contribution in [0.25, 0.3) is 76.9 Å². The molecule has 58 heavy (non-hydrogen) atoms. The molecule has 12 rings (SSSR count). The molecule has 0 bridgehead atoms. The Morgan fingerprint density at radius 2 is 0.914 bits per heavy atom. The number of anilines is 3. The maximum atomic E-state index is 2.49. The molecular formula is C55H39N3. The van der Waals surface area contributed by atoms with Crippen LogP contribution in [0.3, 0.4) is 0 Å². The van der Waals surface area contributed by atoms with Crippen LogP contribution in [0, 0.1) is 0 Å². The van der Waals surface area contributed by atoms with Gasteiger partial charge in [-0.05, 0) is 124 Å². The Bertz CT molecular complexity index is 3370. The average molecular weight is 742 g/mol. The Morgan fingerprint density at radius 1 is 0.345 bits per heavy atom. The molecule has 3 heteroatoms. The quantitative estimate of drug-likeness (QED) is 0.171. The smallest absolute Gasteiger partial charge is 0.0547 e. The monoisotopic (exact) mass is 741 g/mol. The highest BCUT2D eigenvalue weighted by molar-refractivity contribution is 6.13. The van der Waals surface area contributed by atoms with Crippen molar-refractivity contribution in [2.45, 2.75) is 19.3 Å². The zero-order valence-electron chi connectivity index (χ0n) is 32.4. The maximum Gasteiger partial charge on any atom is 0.0547 e. The van der Waals surface area contributed by atoms with E-state index in [0.717, 1.165) is 28.4 Å². The van der Waals surface area contributed by atoms with Gasteiger partial charge in [-0.25, -0.2) is 0 Å². The van der Waals surface area contributed by atoms with Crippen molar-refractivity contribution < 1.29 is 0 Å². The number of para-hydroxylation sites is 3. The molecular weight excluding hydrogens is 703 g/mol. The summed E-state index contributed by atoms with van der Waals surface area (Å²) in [4.78, 5) is 2.35. The van der Waals surface area contributed by atoms with Crippen LogP contribution in [-0.2, 0) is 5.41 Å².